The number of carboxylic acids is 2. The molecule has 1 aliphatic rings. The molecule has 35 heavy (non-hydrogen) atoms. The fourth-order valence-corrected chi connectivity index (χ4v) is 4.60. The molecule has 4 aromatic rings. The molecule has 0 saturated carbocycles. The summed E-state index contributed by atoms with van der Waals surface area (Å²) in [7, 11) is 0. The Balaban J connectivity index is 0.000000431. The molecule has 182 valence electrons. The van der Waals surface area contributed by atoms with Crippen LogP contribution >= 0.6 is 11.6 Å². The number of piperidine rings is 1. The molecule has 1 aliphatic heterocycles. The van der Waals surface area contributed by atoms with Gasteiger partial charge in [-0.2, -0.15) is 5.10 Å². The lowest BCUT2D eigenvalue weighted by molar-refractivity contribution is -0.159. The second-order valence-corrected chi connectivity index (χ2v) is 8.98. The smallest absolute Gasteiger partial charge is 0.414 e. The van der Waals surface area contributed by atoms with Crippen LogP contribution in [0.15, 0.2) is 67.1 Å². The summed E-state index contributed by atoms with van der Waals surface area (Å²) in [5.74, 6) is -3.02. The number of aliphatic carboxylic acids is 2. The first kappa shape index (κ1) is 24.5. The van der Waals surface area contributed by atoms with Crippen molar-refractivity contribution in [2.24, 2.45) is 0 Å². The molecular weight excluding hydrogens is 468 g/mol. The van der Waals surface area contributed by atoms with Crippen molar-refractivity contribution in [3.8, 4) is 5.69 Å². The molecule has 0 atom stereocenters. The first-order valence-electron chi connectivity index (χ1n) is 11.4. The minimum Gasteiger partial charge on any atom is -0.473 e. The number of fused-ring (bicyclic) bond motifs is 1. The van der Waals surface area contributed by atoms with Gasteiger partial charge in [-0.25, -0.2) is 14.3 Å². The van der Waals surface area contributed by atoms with Gasteiger partial charge in [-0.1, -0.05) is 35.9 Å². The maximum atomic E-state index is 9.10. The van der Waals surface area contributed by atoms with Crippen LogP contribution in [0.5, 0.6) is 0 Å². The number of hydrogen-bond acceptors (Lipinski definition) is 4. The summed E-state index contributed by atoms with van der Waals surface area (Å²) in [6, 6.07) is 16.5. The minimum atomic E-state index is -1.82. The number of H-pyrrole nitrogens is 1. The van der Waals surface area contributed by atoms with E-state index in [2.05, 4.69) is 45.6 Å². The summed E-state index contributed by atoms with van der Waals surface area (Å²) in [6.07, 6.45) is 9.79. The van der Waals surface area contributed by atoms with Crippen molar-refractivity contribution in [1.82, 2.24) is 19.7 Å². The Labute approximate surface area is 207 Å². The molecule has 1 fully saturated rings. The highest BCUT2D eigenvalue weighted by Gasteiger charge is 2.22. The van der Waals surface area contributed by atoms with Gasteiger partial charge in [0, 0.05) is 34.9 Å². The van der Waals surface area contributed by atoms with Crippen LogP contribution in [-0.2, 0) is 16.0 Å². The van der Waals surface area contributed by atoms with E-state index >= 15 is 0 Å². The fourth-order valence-electron chi connectivity index (χ4n) is 4.42. The van der Waals surface area contributed by atoms with Crippen LogP contribution in [0, 0.1) is 0 Å². The number of nitrogens with zero attached hydrogens (tertiary/aromatic N) is 3. The SMILES string of the molecule is Clc1ccc2c(C3CCN(CCc4cnn(-c5ccccc5)c4)CC3)c[nH]c2c1.O=C(O)C(=O)O. The summed E-state index contributed by atoms with van der Waals surface area (Å²) in [5, 5.41) is 21.4. The third kappa shape index (κ3) is 6.29. The monoisotopic (exact) mass is 494 g/mol. The molecule has 0 radical (unpaired) electrons. The molecule has 3 N–H and O–H groups in total. The number of aromatic amines is 1. The lowest BCUT2D eigenvalue weighted by atomic mass is 9.89. The zero-order valence-corrected chi connectivity index (χ0v) is 19.9. The maximum absolute atomic E-state index is 9.10. The standard InChI is InChI=1S/C24H25ClN4.C2H2O4/c25-20-6-7-22-23(16-26-24(22)14-20)19-9-12-28(13-10-19)11-8-18-15-27-29(17-18)21-4-2-1-3-5-21;3-1(4)2(5)6/h1-7,14-17,19,26H,8-13H2;(H,3,4)(H,5,6). The molecular formula is C26H27ClN4O4. The highest BCUT2D eigenvalue weighted by molar-refractivity contribution is 6.31. The number of rotatable bonds is 5. The van der Waals surface area contributed by atoms with Gasteiger partial charge in [-0.15, -0.1) is 0 Å². The first-order chi connectivity index (χ1) is 16.9. The van der Waals surface area contributed by atoms with E-state index in [-0.39, 0.29) is 0 Å². The molecule has 2 aromatic heterocycles. The zero-order chi connectivity index (χ0) is 24.8. The Kier molecular flexibility index (Phi) is 7.84. The van der Waals surface area contributed by atoms with E-state index < -0.39 is 11.9 Å². The van der Waals surface area contributed by atoms with E-state index in [1.807, 2.05) is 41.2 Å². The topological polar surface area (TPSA) is 111 Å². The average Bonchev–Trinajstić information content (AvgIpc) is 3.51. The van der Waals surface area contributed by atoms with Crippen molar-refractivity contribution >= 4 is 34.4 Å². The van der Waals surface area contributed by atoms with E-state index in [9.17, 15) is 0 Å². The summed E-state index contributed by atoms with van der Waals surface area (Å²) < 4.78 is 1.96. The third-order valence-electron chi connectivity index (χ3n) is 6.26. The Bertz CT molecular complexity index is 1280. The van der Waals surface area contributed by atoms with Crippen molar-refractivity contribution < 1.29 is 19.8 Å². The summed E-state index contributed by atoms with van der Waals surface area (Å²) in [4.78, 5) is 24.2. The summed E-state index contributed by atoms with van der Waals surface area (Å²) >= 11 is 6.12. The Morgan fingerprint density at radius 3 is 2.46 bits per heavy atom. The second-order valence-electron chi connectivity index (χ2n) is 8.54. The first-order valence-corrected chi connectivity index (χ1v) is 11.8. The van der Waals surface area contributed by atoms with Crippen LogP contribution < -0.4 is 0 Å². The number of nitrogens with one attached hydrogen (secondary N) is 1. The molecule has 2 aromatic carbocycles. The predicted octanol–water partition coefficient (Wildman–Crippen LogP) is 4.58. The molecule has 9 heteroatoms. The van der Waals surface area contributed by atoms with Gasteiger partial charge in [0.25, 0.3) is 0 Å². The number of para-hydroxylation sites is 1. The van der Waals surface area contributed by atoms with Gasteiger partial charge in [0.2, 0.25) is 0 Å². The predicted molar refractivity (Wildman–Crippen MR) is 134 cm³/mol. The minimum absolute atomic E-state index is 0.627. The quantitative estimate of drug-likeness (QED) is 0.350. The van der Waals surface area contributed by atoms with E-state index in [1.54, 1.807) is 0 Å². The van der Waals surface area contributed by atoms with Crippen molar-refractivity contribution in [1.29, 1.82) is 0 Å². The highest BCUT2D eigenvalue weighted by Crippen LogP contribution is 2.34. The lowest BCUT2D eigenvalue weighted by Gasteiger charge is -2.31. The van der Waals surface area contributed by atoms with Crippen molar-refractivity contribution in [2.75, 3.05) is 19.6 Å². The lowest BCUT2D eigenvalue weighted by Crippen LogP contribution is -2.34. The summed E-state index contributed by atoms with van der Waals surface area (Å²) in [6.45, 7) is 3.40. The summed E-state index contributed by atoms with van der Waals surface area (Å²) in [5.41, 5.74) is 5.00. The molecule has 1 saturated heterocycles. The number of aromatic nitrogens is 3. The van der Waals surface area contributed by atoms with Crippen LogP contribution in [0.1, 0.15) is 29.9 Å². The number of likely N-dealkylation sites (tertiary alicyclic amines) is 1. The number of hydrogen-bond donors (Lipinski definition) is 3. The van der Waals surface area contributed by atoms with E-state index in [1.165, 1.54) is 29.4 Å². The Morgan fingerprint density at radius 2 is 1.77 bits per heavy atom. The largest absolute Gasteiger partial charge is 0.473 e. The van der Waals surface area contributed by atoms with E-state index in [4.69, 9.17) is 31.4 Å². The van der Waals surface area contributed by atoms with Crippen LogP contribution in [0.3, 0.4) is 0 Å². The molecule has 8 nitrogen and oxygen atoms in total. The number of benzene rings is 2. The number of carbonyl (C=O) groups is 2. The fraction of sp³-hybridized carbons (Fsp3) is 0.269. The molecule has 3 heterocycles. The zero-order valence-electron chi connectivity index (χ0n) is 19.1. The highest BCUT2D eigenvalue weighted by atomic mass is 35.5. The van der Waals surface area contributed by atoms with Gasteiger partial charge in [0.1, 0.15) is 0 Å². The molecule has 0 aliphatic carbocycles. The van der Waals surface area contributed by atoms with Crippen LogP contribution in [0.25, 0.3) is 16.6 Å². The molecule has 0 amide bonds. The second kappa shape index (κ2) is 11.2. The van der Waals surface area contributed by atoms with Gasteiger partial charge < -0.3 is 20.1 Å². The van der Waals surface area contributed by atoms with Gasteiger partial charge in [0.15, 0.2) is 0 Å². The molecule has 0 spiro atoms. The van der Waals surface area contributed by atoms with Gasteiger partial charge in [-0.3, -0.25) is 0 Å². The van der Waals surface area contributed by atoms with Gasteiger partial charge in [0.05, 0.1) is 11.9 Å². The van der Waals surface area contributed by atoms with Gasteiger partial charge >= 0.3 is 11.9 Å². The maximum Gasteiger partial charge on any atom is 0.414 e. The van der Waals surface area contributed by atoms with Crippen molar-refractivity contribution in [3.05, 3.63) is 83.3 Å². The van der Waals surface area contributed by atoms with E-state index in [0.717, 1.165) is 42.3 Å². The molecule has 5 rings (SSSR count). The van der Waals surface area contributed by atoms with Crippen LogP contribution in [0.2, 0.25) is 5.02 Å². The Morgan fingerprint density at radius 1 is 1.06 bits per heavy atom. The number of carboxylic acid groups (broad SMARTS) is 2. The normalized spacial score (nSPS) is 14.4. The van der Waals surface area contributed by atoms with Crippen LogP contribution in [0.4, 0.5) is 0 Å². The van der Waals surface area contributed by atoms with Crippen molar-refractivity contribution in [3.63, 3.8) is 0 Å². The Hall–Kier alpha value is -3.62. The molecule has 0 bridgehead atoms. The average molecular weight is 495 g/mol. The number of halogens is 1. The third-order valence-corrected chi connectivity index (χ3v) is 6.49. The molecule has 0 unspecified atom stereocenters. The van der Waals surface area contributed by atoms with E-state index in [0.29, 0.717) is 5.92 Å². The van der Waals surface area contributed by atoms with Crippen molar-refractivity contribution in [2.45, 2.75) is 25.2 Å². The van der Waals surface area contributed by atoms with Gasteiger partial charge in [-0.05, 0) is 73.7 Å². The van der Waals surface area contributed by atoms with Crippen LogP contribution in [-0.4, -0.2) is 61.5 Å².